The van der Waals surface area contributed by atoms with E-state index in [-0.39, 0.29) is 22.9 Å². The number of para-hydroxylation sites is 1. The van der Waals surface area contributed by atoms with Crippen LogP contribution in [-0.4, -0.2) is 29.1 Å². The summed E-state index contributed by atoms with van der Waals surface area (Å²) < 4.78 is 24.4. The molecule has 0 atom stereocenters. The first-order valence-electron chi connectivity index (χ1n) is 7.78. The van der Waals surface area contributed by atoms with Crippen molar-refractivity contribution in [1.29, 1.82) is 0 Å². The fourth-order valence-corrected chi connectivity index (χ4v) is 2.51. The van der Waals surface area contributed by atoms with E-state index in [1.807, 2.05) is 18.2 Å². The molecule has 0 aliphatic rings. The minimum atomic E-state index is -0.713. The van der Waals surface area contributed by atoms with Crippen molar-refractivity contribution in [3.8, 4) is 22.8 Å². The summed E-state index contributed by atoms with van der Waals surface area (Å²) in [6, 6.07) is 10.9. The molecule has 8 nitrogen and oxygen atoms in total. The number of nitro groups is 1. The summed E-state index contributed by atoms with van der Waals surface area (Å²) in [5.74, 6) is 0.00744. The molecule has 0 aliphatic carbocycles. The number of hydrogen-bond donors (Lipinski definition) is 1. The Morgan fingerprint density at radius 3 is 2.52 bits per heavy atom. The summed E-state index contributed by atoms with van der Waals surface area (Å²) in [5, 5.41) is 13.9. The van der Waals surface area contributed by atoms with Crippen LogP contribution >= 0.6 is 0 Å². The first-order valence-corrected chi connectivity index (χ1v) is 7.78. The van der Waals surface area contributed by atoms with E-state index in [1.165, 1.54) is 13.4 Å². The number of anilines is 2. The summed E-state index contributed by atoms with van der Waals surface area (Å²) in [4.78, 5) is 18.7. The fourth-order valence-electron chi connectivity index (χ4n) is 2.51. The summed E-state index contributed by atoms with van der Waals surface area (Å²) in [6.07, 6.45) is 1.31. The predicted molar refractivity (Wildman–Crippen MR) is 96.9 cm³/mol. The lowest BCUT2D eigenvalue weighted by molar-refractivity contribution is -0.385. The van der Waals surface area contributed by atoms with Gasteiger partial charge in [0.05, 0.1) is 30.5 Å². The number of benzene rings is 2. The molecular weight excluding hydrogens is 355 g/mol. The number of rotatable bonds is 6. The molecule has 0 unspecified atom stereocenters. The summed E-state index contributed by atoms with van der Waals surface area (Å²) in [5.41, 5.74) is 0.813. The van der Waals surface area contributed by atoms with E-state index in [9.17, 15) is 14.5 Å². The Kier molecular flexibility index (Phi) is 5.11. The molecular formula is C18H15FN4O4. The topological polar surface area (TPSA) is 99.4 Å². The van der Waals surface area contributed by atoms with Crippen molar-refractivity contribution in [2.75, 3.05) is 19.5 Å². The van der Waals surface area contributed by atoms with Gasteiger partial charge in [0.1, 0.15) is 17.9 Å². The Bertz CT molecular complexity index is 997. The summed E-state index contributed by atoms with van der Waals surface area (Å²) >= 11 is 0. The number of aromatic nitrogens is 2. The van der Waals surface area contributed by atoms with Crippen molar-refractivity contribution in [1.82, 2.24) is 9.97 Å². The lowest BCUT2D eigenvalue weighted by Crippen LogP contribution is -2.01. The van der Waals surface area contributed by atoms with Gasteiger partial charge in [-0.05, 0) is 12.1 Å². The van der Waals surface area contributed by atoms with Gasteiger partial charge in [-0.15, -0.1) is 0 Å². The van der Waals surface area contributed by atoms with Gasteiger partial charge in [0.2, 0.25) is 0 Å². The van der Waals surface area contributed by atoms with Gasteiger partial charge in [-0.3, -0.25) is 10.1 Å². The van der Waals surface area contributed by atoms with Crippen molar-refractivity contribution < 1.29 is 18.8 Å². The van der Waals surface area contributed by atoms with Crippen LogP contribution in [0.25, 0.3) is 11.3 Å². The van der Waals surface area contributed by atoms with Crippen molar-refractivity contribution in [2.24, 2.45) is 0 Å². The Morgan fingerprint density at radius 1 is 1.07 bits per heavy atom. The Morgan fingerprint density at radius 2 is 1.81 bits per heavy atom. The quantitative estimate of drug-likeness (QED) is 0.518. The van der Waals surface area contributed by atoms with Crippen LogP contribution in [-0.2, 0) is 0 Å². The van der Waals surface area contributed by atoms with Crippen molar-refractivity contribution in [2.45, 2.75) is 0 Å². The average Bonchev–Trinajstić information content (AvgIpc) is 2.69. The minimum absolute atomic E-state index is 0.104. The number of halogens is 1. The van der Waals surface area contributed by atoms with Gasteiger partial charge in [-0.25, -0.2) is 14.4 Å². The van der Waals surface area contributed by atoms with Crippen LogP contribution in [0.15, 0.2) is 48.8 Å². The second kappa shape index (κ2) is 7.65. The van der Waals surface area contributed by atoms with E-state index >= 15 is 0 Å². The molecule has 0 aliphatic heterocycles. The number of nitrogens with zero attached hydrogens (tertiary/aromatic N) is 3. The largest absolute Gasteiger partial charge is 0.496 e. The monoisotopic (exact) mass is 370 g/mol. The molecule has 0 saturated carbocycles. The standard InChI is InChI=1S/C18H15FN4O4/c1-26-16-6-4-3-5-11(16)13-9-18(21-10-20-13)22-14-8-15(23(24)25)17(27-2)7-12(14)19/h3-10H,1-2H3,(H,20,21,22). The molecule has 0 fully saturated rings. The summed E-state index contributed by atoms with van der Waals surface area (Å²) in [6.45, 7) is 0. The lowest BCUT2D eigenvalue weighted by Gasteiger charge is -2.11. The molecule has 0 bridgehead atoms. The Labute approximate surface area is 153 Å². The SMILES string of the molecule is COc1ccccc1-c1cc(Nc2cc([N+](=O)[O-])c(OC)cc2F)ncn1. The molecule has 9 heteroatoms. The third kappa shape index (κ3) is 3.76. The normalized spacial score (nSPS) is 10.3. The molecule has 138 valence electrons. The van der Waals surface area contributed by atoms with Gasteiger partial charge in [-0.1, -0.05) is 12.1 Å². The molecule has 3 rings (SSSR count). The molecule has 1 heterocycles. The zero-order chi connectivity index (χ0) is 19.4. The highest BCUT2D eigenvalue weighted by atomic mass is 19.1. The van der Waals surface area contributed by atoms with Crippen LogP contribution in [0.5, 0.6) is 11.5 Å². The number of nitro benzene ring substituents is 1. The smallest absolute Gasteiger partial charge is 0.313 e. The molecule has 1 N–H and O–H groups in total. The Hall–Kier alpha value is -3.75. The molecule has 0 radical (unpaired) electrons. The highest BCUT2D eigenvalue weighted by Crippen LogP contribution is 2.34. The van der Waals surface area contributed by atoms with E-state index < -0.39 is 10.7 Å². The molecule has 1 aromatic heterocycles. The average molecular weight is 370 g/mol. The first-order chi connectivity index (χ1) is 13.0. The number of hydrogen-bond acceptors (Lipinski definition) is 7. The van der Waals surface area contributed by atoms with Crippen molar-refractivity contribution >= 4 is 17.2 Å². The van der Waals surface area contributed by atoms with E-state index in [0.29, 0.717) is 11.4 Å². The number of nitrogens with one attached hydrogen (secondary N) is 1. The third-order valence-corrected chi connectivity index (χ3v) is 3.78. The predicted octanol–water partition coefficient (Wildman–Crippen LogP) is 3.95. The van der Waals surface area contributed by atoms with Crippen LogP contribution in [0, 0.1) is 15.9 Å². The maximum absolute atomic E-state index is 14.3. The lowest BCUT2D eigenvalue weighted by atomic mass is 10.1. The first kappa shape index (κ1) is 18.1. The van der Waals surface area contributed by atoms with Gasteiger partial charge < -0.3 is 14.8 Å². The molecule has 27 heavy (non-hydrogen) atoms. The maximum Gasteiger partial charge on any atom is 0.313 e. The van der Waals surface area contributed by atoms with Gasteiger partial charge in [0.25, 0.3) is 0 Å². The highest BCUT2D eigenvalue weighted by molar-refractivity contribution is 5.71. The van der Waals surface area contributed by atoms with Crippen LogP contribution in [0.1, 0.15) is 0 Å². The molecule has 0 spiro atoms. The van der Waals surface area contributed by atoms with E-state index in [2.05, 4.69) is 15.3 Å². The van der Waals surface area contributed by atoms with Crippen LogP contribution in [0.4, 0.5) is 21.6 Å². The fraction of sp³-hybridized carbons (Fsp3) is 0.111. The second-order valence-corrected chi connectivity index (χ2v) is 5.37. The minimum Gasteiger partial charge on any atom is -0.496 e. The van der Waals surface area contributed by atoms with E-state index in [1.54, 1.807) is 19.2 Å². The van der Waals surface area contributed by atoms with Crippen molar-refractivity contribution in [3.05, 3.63) is 64.7 Å². The van der Waals surface area contributed by atoms with Crippen LogP contribution in [0.3, 0.4) is 0 Å². The van der Waals surface area contributed by atoms with E-state index in [0.717, 1.165) is 17.7 Å². The highest BCUT2D eigenvalue weighted by Gasteiger charge is 2.19. The number of methoxy groups -OCH3 is 2. The third-order valence-electron chi connectivity index (χ3n) is 3.78. The summed E-state index contributed by atoms with van der Waals surface area (Å²) in [7, 11) is 2.78. The zero-order valence-corrected chi connectivity index (χ0v) is 14.5. The Balaban J connectivity index is 1.98. The van der Waals surface area contributed by atoms with Gasteiger partial charge in [-0.2, -0.15) is 0 Å². The molecule has 2 aromatic carbocycles. The molecule has 0 amide bonds. The van der Waals surface area contributed by atoms with Crippen LogP contribution < -0.4 is 14.8 Å². The van der Waals surface area contributed by atoms with Gasteiger partial charge in [0.15, 0.2) is 11.6 Å². The number of ether oxygens (including phenoxy) is 2. The van der Waals surface area contributed by atoms with Gasteiger partial charge in [0, 0.05) is 23.8 Å². The zero-order valence-electron chi connectivity index (χ0n) is 14.5. The second-order valence-electron chi connectivity index (χ2n) is 5.37. The molecule has 3 aromatic rings. The van der Waals surface area contributed by atoms with Crippen molar-refractivity contribution in [3.63, 3.8) is 0 Å². The van der Waals surface area contributed by atoms with Crippen LogP contribution in [0.2, 0.25) is 0 Å². The molecule has 0 saturated heterocycles. The maximum atomic E-state index is 14.3. The van der Waals surface area contributed by atoms with Gasteiger partial charge >= 0.3 is 5.69 Å². The van der Waals surface area contributed by atoms with E-state index in [4.69, 9.17) is 9.47 Å².